The van der Waals surface area contributed by atoms with Crippen LogP contribution in [0.3, 0.4) is 0 Å². The number of amides is 1. The smallest absolute Gasteiger partial charge is 0.261 e. The van der Waals surface area contributed by atoms with E-state index in [0.717, 1.165) is 20.5 Å². The minimum absolute atomic E-state index is 0.0540. The summed E-state index contributed by atoms with van der Waals surface area (Å²) in [5.41, 5.74) is 0. The van der Waals surface area contributed by atoms with Gasteiger partial charge < -0.3 is 10.2 Å². The number of hydrogen-bond donors (Lipinski definition) is 1. The summed E-state index contributed by atoms with van der Waals surface area (Å²) in [6.45, 7) is 3.37. The molecule has 2 aromatic rings. The van der Waals surface area contributed by atoms with Crippen LogP contribution in [-0.4, -0.2) is 41.5 Å². The molecule has 2 bridgehead atoms. The lowest BCUT2D eigenvalue weighted by molar-refractivity contribution is 0.0622. The average molecular weight is 380 g/mol. The van der Waals surface area contributed by atoms with E-state index < -0.39 is 0 Å². The number of nitrogens with zero attached hydrogens (tertiary/aromatic N) is 2. The predicted octanol–water partition coefficient (Wildman–Crippen LogP) is 3.77. The Hall–Kier alpha value is -1.08. The van der Waals surface area contributed by atoms with Gasteiger partial charge in [0.25, 0.3) is 5.91 Å². The summed E-state index contributed by atoms with van der Waals surface area (Å²) in [6, 6.07) is 7.96. The first-order chi connectivity index (χ1) is 11.7. The molecule has 3 fully saturated rings. The number of nitrogens with one attached hydrogen (secondary N) is 1. The Morgan fingerprint density at radius 3 is 2.88 bits per heavy atom. The van der Waals surface area contributed by atoms with E-state index in [1.54, 1.807) is 18.0 Å². The van der Waals surface area contributed by atoms with E-state index in [1.807, 2.05) is 24.3 Å². The Balaban J connectivity index is 1.40. The molecular formula is C17H18ClN3OS2. The van der Waals surface area contributed by atoms with Crippen molar-refractivity contribution in [1.82, 2.24) is 15.2 Å². The first kappa shape index (κ1) is 16.4. The number of fused-ring (bicyclic) bond motifs is 3. The number of thiophene rings is 1. The summed E-state index contributed by atoms with van der Waals surface area (Å²) in [4.78, 5) is 20.8. The van der Waals surface area contributed by atoms with E-state index in [0.29, 0.717) is 17.1 Å². The van der Waals surface area contributed by atoms with Gasteiger partial charge in [0.2, 0.25) is 0 Å². The molecule has 0 aliphatic carbocycles. The second-order valence-electron chi connectivity index (χ2n) is 6.25. The van der Waals surface area contributed by atoms with E-state index >= 15 is 0 Å². The fourth-order valence-corrected chi connectivity index (χ4v) is 5.70. The molecule has 1 amide bonds. The Morgan fingerprint density at radius 1 is 1.33 bits per heavy atom. The van der Waals surface area contributed by atoms with E-state index in [9.17, 15) is 4.79 Å². The van der Waals surface area contributed by atoms with Gasteiger partial charge in [-0.1, -0.05) is 23.4 Å². The standard InChI is InChI=1S/C17H18ClN3OS2/c18-15-9-12(3-6-19-15)23-16-2-1-14(24-16)17(22)20-13-10-21-7-4-11(13)5-8-21/h1-3,6,9,11,13H,4-5,7-8,10H2,(H,20,22). The Morgan fingerprint density at radius 2 is 2.17 bits per heavy atom. The summed E-state index contributed by atoms with van der Waals surface area (Å²) in [6.07, 6.45) is 4.11. The molecule has 0 saturated carbocycles. The molecule has 5 rings (SSSR count). The van der Waals surface area contributed by atoms with Gasteiger partial charge in [-0.25, -0.2) is 4.98 Å². The summed E-state index contributed by atoms with van der Waals surface area (Å²) in [5.74, 6) is 0.699. The zero-order chi connectivity index (χ0) is 16.5. The monoisotopic (exact) mass is 379 g/mol. The van der Waals surface area contributed by atoms with Crippen LogP contribution < -0.4 is 5.32 Å². The second-order valence-corrected chi connectivity index (χ2v) is 9.10. The van der Waals surface area contributed by atoms with Crippen LogP contribution in [0.25, 0.3) is 0 Å². The van der Waals surface area contributed by atoms with Gasteiger partial charge in [0, 0.05) is 23.7 Å². The first-order valence-corrected chi connectivity index (χ1v) is 10.1. The minimum Gasteiger partial charge on any atom is -0.347 e. The van der Waals surface area contributed by atoms with Crippen molar-refractivity contribution in [1.29, 1.82) is 0 Å². The zero-order valence-electron chi connectivity index (χ0n) is 13.1. The summed E-state index contributed by atoms with van der Waals surface area (Å²) >= 11 is 9.05. The van der Waals surface area contributed by atoms with Crippen molar-refractivity contribution in [3.8, 4) is 0 Å². The zero-order valence-corrected chi connectivity index (χ0v) is 15.5. The summed E-state index contributed by atoms with van der Waals surface area (Å²) < 4.78 is 1.08. The Labute approximate surface area is 154 Å². The molecule has 126 valence electrons. The topological polar surface area (TPSA) is 45.2 Å². The maximum absolute atomic E-state index is 12.5. The van der Waals surface area contributed by atoms with Crippen LogP contribution in [-0.2, 0) is 0 Å². The van der Waals surface area contributed by atoms with Crippen molar-refractivity contribution < 1.29 is 4.79 Å². The lowest BCUT2D eigenvalue weighted by atomic mass is 9.84. The van der Waals surface area contributed by atoms with Gasteiger partial charge in [0.1, 0.15) is 5.15 Å². The van der Waals surface area contributed by atoms with Crippen LogP contribution in [0.2, 0.25) is 5.15 Å². The summed E-state index contributed by atoms with van der Waals surface area (Å²) in [5, 5.41) is 3.73. The van der Waals surface area contributed by atoms with Gasteiger partial charge in [-0.3, -0.25) is 4.79 Å². The van der Waals surface area contributed by atoms with Crippen molar-refractivity contribution in [2.75, 3.05) is 19.6 Å². The van der Waals surface area contributed by atoms with Crippen LogP contribution in [0.15, 0.2) is 39.6 Å². The molecule has 1 atom stereocenters. The molecule has 2 aromatic heterocycles. The normalized spacial score (nSPS) is 25.6. The number of piperidine rings is 3. The molecule has 0 radical (unpaired) electrons. The molecule has 0 aromatic carbocycles. The third-order valence-electron chi connectivity index (χ3n) is 4.69. The Kier molecular flexibility index (Phi) is 4.81. The van der Waals surface area contributed by atoms with Crippen LogP contribution in [0.5, 0.6) is 0 Å². The van der Waals surface area contributed by atoms with Gasteiger partial charge in [-0.2, -0.15) is 0 Å². The molecule has 3 aliphatic rings. The highest BCUT2D eigenvalue weighted by molar-refractivity contribution is 8.01. The molecular weight excluding hydrogens is 362 g/mol. The van der Waals surface area contributed by atoms with Gasteiger partial charge in [-0.15, -0.1) is 11.3 Å². The highest BCUT2D eigenvalue weighted by atomic mass is 35.5. The quantitative estimate of drug-likeness (QED) is 0.821. The van der Waals surface area contributed by atoms with E-state index in [4.69, 9.17) is 11.6 Å². The lowest BCUT2D eigenvalue weighted by Crippen LogP contribution is -2.57. The van der Waals surface area contributed by atoms with Crippen molar-refractivity contribution in [2.45, 2.75) is 28.0 Å². The fourth-order valence-electron chi connectivity index (χ4n) is 3.43. The maximum Gasteiger partial charge on any atom is 0.261 e. The predicted molar refractivity (Wildman–Crippen MR) is 98.1 cm³/mol. The number of pyridine rings is 1. The molecule has 1 N–H and O–H groups in total. The molecule has 0 spiro atoms. The fraction of sp³-hybridized carbons (Fsp3) is 0.412. The van der Waals surface area contributed by atoms with Crippen molar-refractivity contribution in [3.05, 3.63) is 40.5 Å². The molecule has 7 heteroatoms. The minimum atomic E-state index is 0.0540. The third kappa shape index (κ3) is 3.61. The van der Waals surface area contributed by atoms with Gasteiger partial charge >= 0.3 is 0 Å². The van der Waals surface area contributed by atoms with Crippen molar-refractivity contribution in [3.63, 3.8) is 0 Å². The second kappa shape index (κ2) is 7.04. The summed E-state index contributed by atoms with van der Waals surface area (Å²) in [7, 11) is 0. The van der Waals surface area contributed by atoms with Crippen LogP contribution in [0, 0.1) is 5.92 Å². The highest BCUT2D eigenvalue weighted by Gasteiger charge is 2.35. The molecule has 1 unspecified atom stereocenters. The van der Waals surface area contributed by atoms with Crippen LogP contribution in [0.4, 0.5) is 0 Å². The number of halogens is 1. The number of hydrogen-bond acceptors (Lipinski definition) is 5. The van der Waals surface area contributed by atoms with Crippen molar-refractivity contribution >= 4 is 40.6 Å². The maximum atomic E-state index is 12.5. The molecule has 5 heterocycles. The largest absolute Gasteiger partial charge is 0.347 e. The van der Waals surface area contributed by atoms with Crippen LogP contribution >= 0.6 is 34.7 Å². The number of rotatable bonds is 4. The van der Waals surface area contributed by atoms with E-state index in [2.05, 4.69) is 15.2 Å². The highest BCUT2D eigenvalue weighted by Crippen LogP contribution is 2.34. The van der Waals surface area contributed by atoms with E-state index in [1.165, 1.54) is 37.3 Å². The lowest BCUT2D eigenvalue weighted by Gasteiger charge is -2.44. The van der Waals surface area contributed by atoms with Crippen molar-refractivity contribution in [2.24, 2.45) is 5.92 Å². The molecule has 24 heavy (non-hydrogen) atoms. The van der Waals surface area contributed by atoms with Gasteiger partial charge in [0.05, 0.1) is 9.09 Å². The van der Waals surface area contributed by atoms with E-state index in [-0.39, 0.29) is 5.91 Å². The number of carbonyl (C=O) groups is 1. The Bertz CT molecular complexity index is 743. The first-order valence-electron chi connectivity index (χ1n) is 8.10. The molecule has 3 aliphatic heterocycles. The van der Waals surface area contributed by atoms with Crippen LogP contribution in [0.1, 0.15) is 22.5 Å². The third-order valence-corrected chi connectivity index (χ3v) is 7.11. The number of aromatic nitrogens is 1. The molecule has 3 saturated heterocycles. The van der Waals surface area contributed by atoms with Gasteiger partial charge in [-0.05, 0) is 56.1 Å². The SMILES string of the molecule is O=C(NC1CN2CCC1CC2)c1ccc(Sc2ccnc(Cl)c2)s1. The van der Waals surface area contributed by atoms with Gasteiger partial charge in [0.15, 0.2) is 0 Å². The molecule has 4 nitrogen and oxygen atoms in total. The number of carbonyl (C=O) groups excluding carboxylic acids is 1. The average Bonchev–Trinajstić information content (AvgIpc) is 3.05.